The highest BCUT2D eigenvalue weighted by atomic mass is 16.7. The minimum atomic E-state index is -0.796. The lowest BCUT2D eigenvalue weighted by Gasteiger charge is -2.09. The summed E-state index contributed by atoms with van der Waals surface area (Å²) in [5.74, 6) is 1.50. The van der Waals surface area contributed by atoms with E-state index in [0.29, 0.717) is 17.9 Å². The number of benzene rings is 1. The van der Waals surface area contributed by atoms with E-state index in [4.69, 9.17) is 14.2 Å². The number of aromatic nitrogens is 2. The summed E-state index contributed by atoms with van der Waals surface area (Å²) in [6.45, 7) is 1.97. The van der Waals surface area contributed by atoms with Crippen LogP contribution in [0, 0.1) is 0 Å². The summed E-state index contributed by atoms with van der Waals surface area (Å²) in [5.41, 5.74) is 2.54. The lowest BCUT2D eigenvalue weighted by atomic mass is 10.1. The molecule has 0 unspecified atom stereocenters. The summed E-state index contributed by atoms with van der Waals surface area (Å²) in [4.78, 5) is 19.0. The van der Waals surface area contributed by atoms with Gasteiger partial charge in [0.1, 0.15) is 0 Å². The second kappa shape index (κ2) is 6.27. The molecular weight excluding hydrogens is 312 g/mol. The summed E-state index contributed by atoms with van der Waals surface area (Å²) >= 11 is 0. The maximum absolute atomic E-state index is 11.4. The maximum atomic E-state index is 11.4. The van der Waals surface area contributed by atoms with Crippen molar-refractivity contribution in [1.29, 1.82) is 0 Å². The second-order valence-electron chi connectivity index (χ2n) is 5.12. The Bertz CT molecular complexity index is 916. The maximum Gasteiger partial charge on any atom is 0.514 e. The fraction of sp³-hybridized carbons (Fsp3) is 0.294. The summed E-state index contributed by atoms with van der Waals surface area (Å²) in [6.07, 6.45) is 1.47. The van der Waals surface area contributed by atoms with E-state index in [1.165, 1.54) is 7.11 Å². The van der Waals surface area contributed by atoms with E-state index in [-0.39, 0.29) is 5.88 Å². The molecule has 126 valence electrons. The van der Waals surface area contributed by atoms with Gasteiger partial charge in [0.2, 0.25) is 5.88 Å². The predicted octanol–water partition coefficient (Wildman–Crippen LogP) is 3.44. The molecule has 0 spiro atoms. The number of methoxy groups -OCH3 is 3. The molecule has 7 heteroatoms. The first-order valence-corrected chi connectivity index (χ1v) is 7.44. The van der Waals surface area contributed by atoms with E-state index in [0.717, 1.165) is 27.4 Å². The summed E-state index contributed by atoms with van der Waals surface area (Å²) in [6, 6.07) is 3.77. The summed E-state index contributed by atoms with van der Waals surface area (Å²) in [5, 5.41) is 1.87. The Morgan fingerprint density at radius 2 is 1.83 bits per heavy atom. The van der Waals surface area contributed by atoms with Crippen LogP contribution in [0.1, 0.15) is 12.5 Å². The number of nitrogens with zero attached hydrogens (tertiary/aromatic N) is 1. The van der Waals surface area contributed by atoms with Crippen molar-refractivity contribution in [3.63, 3.8) is 0 Å². The van der Waals surface area contributed by atoms with Crippen LogP contribution in [0.2, 0.25) is 0 Å². The van der Waals surface area contributed by atoms with Crippen LogP contribution in [0.25, 0.3) is 21.8 Å². The molecule has 0 amide bonds. The van der Waals surface area contributed by atoms with Gasteiger partial charge >= 0.3 is 6.16 Å². The van der Waals surface area contributed by atoms with E-state index in [2.05, 4.69) is 14.7 Å². The molecule has 0 saturated heterocycles. The number of hydrogen-bond donors (Lipinski definition) is 1. The Balaban J connectivity index is 2.30. The Labute approximate surface area is 138 Å². The SMILES string of the molecule is CCc1c(OC(=O)OC)ncc2[nH]c3cc(OC)c(OC)cc3c12. The number of pyridine rings is 1. The van der Waals surface area contributed by atoms with Gasteiger partial charge < -0.3 is 23.9 Å². The summed E-state index contributed by atoms with van der Waals surface area (Å²) in [7, 11) is 4.44. The number of H-pyrrole nitrogens is 1. The molecule has 2 aromatic heterocycles. The molecule has 3 aromatic rings. The van der Waals surface area contributed by atoms with Crippen LogP contribution in [0.15, 0.2) is 18.3 Å². The quantitative estimate of drug-likeness (QED) is 0.738. The van der Waals surface area contributed by atoms with Crippen molar-refractivity contribution in [2.75, 3.05) is 21.3 Å². The van der Waals surface area contributed by atoms with Gasteiger partial charge in [0.25, 0.3) is 0 Å². The first-order valence-electron chi connectivity index (χ1n) is 7.44. The average Bonchev–Trinajstić information content (AvgIpc) is 2.97. The molecule has 2 heterocycles. The number of aryl methyl sites for hydroxylation is 1. The lowest BCUT2D eigenvalue weighted by molar-refractivity contribution is 0.119. The zero-order valence-corrected chi connectivity index (χ0v) is 13.9. The van der Waals surface area contributed by atoms with Gasteiger partial charge in [-0.05, 0) is 12.5 Å². The number of rotatable bonds is 4. The van der Waals surface area contributed by atoms with Crippen LogP contribution < -0.4 is 14.2 Å². The first-order chi connectivity index (χ1) is 11.6. The number of hydrogen-bond acceptors (Lipinski definition) is 6. The molecule has 0 fully saturated rings. The van der Waals surface area contributed by atoms with Gasteiger partial charge in [0.15, 0.2) is 11.5 Å². The summed E-state index contributed by atoms with van der Waals surface area (Å²) < 4.78 is 20.5. The molecule has 0 aliphatic heterocycles. The molecule has 0 atom stereocenters. The topological polar surface area (TPSA) is 82.7 Å². The normalized spacial score (nSPS) is 10.8. The minimum absolute atomic E-state index is 0.243. The van der Waals surface area contributed by atoms with Gasteiger partial charge in [-0.25, -0.2) is 9.78 Å². The molecule has 24 heavy (non-hydrogen) atoms. The van der Waals surface area contributed by atoms with Crippen LogP contribution in [-0.4, -0.2) is 37.5 Å². The molecule has 7 nitrogen and oxygen atoms in total. The Morgan fingerprint density at radius 3 is 2.46 bits per heavy atom. The fourth-order valence-corrected chi connectivity index (χ4v) is 2.81. The van der Waals surface area contributed by atoms with Gasteiger partial charge in [-0.15, -0.1) is 0 Å². The van der Waals surface area contributed by atoms with Crippen molar-refractivity contribution >= 4 is 28.0 Å². The van der Waals surface area contributed by atoms with Gasteiger partial charge in [-0.2, -0.15) is 0 Å². The van der Waals surface area contributed by atoms with Crippen LogP contribution in [0.5, 0.6) is 17.4 Å². The van der Waals surface area contributed by atoms with Gasteiger partial charge in [-0.1, -0.05) is 6.92 Å². The monoisotopic (exact) mass is 330 g/mol. The van der Waals surface area contributed by atoms with E-state index in [1.54, 1.807) is 20.4 Å². The second-order valence-corrected chi connectivity index (χ2v) is 5.12. The number of ether oxygens (including phenoxy) is 4. The first kappa shape index (κ1) is 15.9. The largest absolute Gasteiger partial charge is 0.514 e. The highest BCUT2D eigenvalue weighted by Gasteiger charge is 2.18. The van der Waals surface area contributed by atoms with Crippen molar-refractivity contribution in [1.82, 2.24) is 9.97 Å². The highest BCUT2D eigenvalue weighted by Crippen LogP contribution is 2.38. The number of aromatic amines is 1. The van der Waals surface area contributed by atoms with E-state index in [9.17, 15) is 4.79 Å². The molecule has 3 rings (SSSR count). The van der Waals surface area contributed by atoms with Crippen LogP contribution >= 0.6 is 0 Å². The molecule has 1 aromatic carbocycles. The minimum Gasteiger partial charge on any atom is -0.493 e. The van der Waals surface area contributed by atoms with Crippen molar-refractivity contribution < 1.29 is 23.7 Å². The third kappa shape index (κ3) is 2.47. The lowest BCUT2D eigenvalue weighted by Crippen LogP contribution is -2.10. The van der Waals surface area contributed by atoms with E-state index < -0.39 is 6.16 Å². The van der Waals surface area contributed by atoms with Crippen LogP contribution in [-0.2, 0) is 11.2 Å². The number of carbonyl (C=O) groups excluding carboxylic acids is 1. The number of carbonyl (C=O) groups is 1. The molecular formula is C17H18N2O5. The number of nitrogens with one attached hydrogen (secondary N) is 1. The average molecular weight is 330 g/mol. The number of fused-ring (bicyclic) bond motifs is 3. The van der Waals surface area contributed by atoms with Crippen LogP contribution in [0.3, 0.4) is 0 Å². The highest BCUT2D eigenvalue weighted by molar-refractivity contribution is 6.10. The smallest absolute Gasteiger partial charge is 0.493 e. The van der Waals surface area contributed by atoms with E-state index in [1.807, 2.05) is 19.1 Å². The van der Waals surface area contributed by atoms with Crippen molar-refractivity contribution in [3.8, 4) is 17.4 Å². The zero-order chi connectivity index (χ0) is 17.3. The third-order valence-electron chi connectivity index (χ3n) is 3.90. The van der Waals surface area contributed by atoms with Gasteiger partial charge in [0, 0.05) is 22.4 Å². The molecule has 1 N–H and O–H groups in total. The fourth-order valence-electron chi connectivity index (χ4n) is 2.81. The van der Waals surface area contributed by atoms with Crippen molar-refractivity contribution in [2.45, 2.75) is 13.3 Å². The van der Waals surface area contributed by atoms with Crippen molar-refractivity contribution in [2.24, 2.45) is 0 Å². The Morgan fingerprint density at radius 1 is 1.12 bits per heavy atom. The molecule has 0 aliphatic carbocycles. The predicted molar refractivity (Wildman–Crippen MR) is 89.1 cm³/mol. The van der Waals surface area contributed by atoms with Crippen LogP contribution in [0.4, 0.5) is 4.79 Å². The third-order valence-corrected chi connectivity index (χ3v) is 3.90. The van der Waals surface area contributed by atoms with Gasteiger partial charge in [0.05, 0.1) is 38.6 Å². The molecule has 0 bridgehead atoms. The van der Waals surface area contributed by atoms with Crippen molar-refractivity contribution in [3.05, 3.63) is 23.9 Å². The Hall–Kier alpha value is -2.96. The molecule has 0 saturated carbocycles. The standard InChI is InChI=1S/C17H18N2O5/c1-5-9-15-10-6-13(21-2)14(22-3)7-11(10)19-12(15)8-18-16(9)24-17(20)23-4/h6-8,19H,5H2,1-4H3. The van der Waals surface area contributed by atoms with Gasteiger partial charge in [-0.3, -0.25) is 0 Å². The zero-order valence-electron chi connectivity index (χ0n) is 13.9. The van der Waals surface area contributed by atoms with E-state index >= 15 is 0 Å². The molecule has 0 aliphatic rings. The molecule has 0 radical (unpaired) electrons. The Kier molecular flexibility index (Phi) is 4.16.